The summed E-state index contributed by atoms with van der Waals surface area (Å²) in [5.41, 5.74) is 16.7. The van der Waals surface area contributed by atoms with Crippen LogP contribution >= 0.6 is 0 Å². The van der Waals surface area contributed by atoms with Crippen molar-refractivity contribution in [1.29, 1.82) is 0 Å². The van der Waals surface area contributed by atoms with Gasteiger partial charge in [-0.3, -0.25) is 0 Å². The molecule has 0 spiro atoms. The molecule has 0 unspecified atom stereocenters. The van der Waals surface area contributed by atoms with E-state index in [2.05, 4.69) is 228 Å². The standard InChI is InChI=1S/C54H36N2/c1-4-16-37(17-5-1)38-30-32-39(33-31-38)40-34-41(45-24-15-29-52-53(45)49-23-11-13-28-51(49)55(52)43-18-6-2-7-19-43)36-42(35-40)46-25-14-26-48-47-22-10-12-27-50(47)56(54(46)48)44-20-8-3-9-21-44/h1-36H. The second kappa shape index (κ2) is 13.2. The van der Waals surface area contributed by atoms with Gasteiger partial charge in [-0.1, -0.05) is 158 Å². The molecule has 0 bridgehead atoms. The molecule has 0 saturated carbocycles. The van der Waals surface area contributed by atoms with Crippen LogP contribution in [0.25, 0.3) is 99.5 Å². The van der Waals surface area contributed by atoms with Crippen LogP contribution in [0.1, 0.15) is 0 Å². The van der Waals surface area contributed by atoms with E-state index in [4.69, 9.17) is 0 Å². The number of aromatic nitrogens is 2. The third-order valence-electron chi connectivity index (χ3n) is 11.3. The molecular formula is C54H36N2. The number of benzene rings is 9. The quantitative estimate of drug-likeness (QED) is 0.162. The number of rotatable bonds is 6. The van der Waals surface area contributed by atoms with Crippen LogP contribution in [0.15, 0.2) is 218 Å². The van der Waals surface area contributed by atoms with Gasteiger partial charge in [-0.05, 0) is 99.6 Å². The fourth-order valence-corrected chi connectivity index (χ4v) is 8.80. The monoisotopic (exact) mass is 712 g/mol. The van der Waals surface area contributed by atoms with Crippen LogP contribution in [0.2, 0.25) is 0 Å². The topological polar surface area (TPSA) is 9.86 Å². The lowest BCUT2D eigenvalue weighted by Gasteiger charge is -2.15. The Morgan fingerprint density at radius 2 is 0.696 bits per heavy atom. The maximum atomic E-state index is 2.44. The molecule has 2 nitrogen and oxygen atoms in total. The Balaban J connectivity index is 1.20. The highest BCUT2D eigenvalue weighted by molar-refractivity contribution is 6.17. The molecule has 0 fully saturated rings. The number of fused-ring (bicyclic) bond motifs is 6. The first-order chi connectivity index (χ1) is 27.8. The molecule has 0 aliphatic heterocycles. The summed E-state index contributed by atoms with van der Waals surface area (Å²) >= 11 is 0. The summed E-state index contributed by atoms with van der Waals surface area (Å²) in [7, 11) is 0. The average Bonchev–Trinajstić information content (AvgIpc) is 3.81. The first-order valence-corrected chi connectivity index (χ1v) is 19.3. The van der Waals surface area contributed by atoms with Crippen molar-refractivity contribution in [3.05, 3.63) is 218 Å². The molecule has 262 valence electrons. The zero-order chi connectivity index (χ0) is 37.0. The van der Waals surface area contributed by atoms with Crippen LogP contribution in [0.3, 0.4) is 0 Å². The van der Waals surface area contributed by atoms with Crippen LogP contribution in [-0.2, 0) is 0 Å². The smallest absolute Gasteiger partial charge is 0.0619 e. The van der Waals surface area contributed by atoms with Gasteiger partial charge in [0.05, 0.1) is 22.1 Å². The highest BCUT2D eigenvalue weighted by Crippen LogP contribution is 2.44. The maximum absolute atomic E-state index is 2.44. The van der Waals surface area contributed by atoms with Crippen molar-refractivity contribution >= 4 is 43.6 Å². The van der Waals surface area contributed by atoms with Gasteiger partial charge in [0.2, 0.25) is 0 Å². The van der Waals surface area contributed by atoms with Gasteiger partial charge < -0.3 is 9.13 Å². The predicted octanol–water partition coefficient (Wildman–Crippen LogP) is 14.5. The fourth-order valence-electron chi connectivity index (χ4n) is 8.80. The normalized spacial score (nSPS) is 11.6. The molecule has 0 aliphatic rings. The highest BCUT2D eigenvalue weighted by atomic mass is 15.0. The van der Waals surface area contributed by atoms with E-state index in [9.17, 15) is 0 Å². The Kier molecular flexibility index (Phi) is 7.53. The minimum absolute atomic E-state index is 1.15. The van der Waals surface area contributed by atoms with Crippen molar-refractivity contribution in [2.24, 2.45) is 0 Å². The van der Waals surface area contributed by atoms with Crippen molar-refractivity contribution in [3.8, 4) is 55.9 Å². The SMILES string of the molecule is c1ccc(-c2ccc(-c3cc(-c4cccc5c4c4ccccc4n5-c4ccccc4)cc(-c4cccc5c6ccccc6n(-c6ccccc6)c45)c3)cc2)cc1. The average molecular weight is 713 g/mol. The van der Waals surface area contributed by atoms with Crippen molar-refractivity contribution in [1.82, 2.24) is 9.13 Å². The number of para-hydroxylation sites is 5. The van der Waals surface area contributed by atoms with Crippen molar-refractivity contribution in [2.45, 2.75) is 0 Å². The minimum Gasteiger partial charge on any atom is -0.309 e. The van der Waals surface area contributed by atoms with E-state index in [1.54, 1.807) is 0 Å². The second-order valence-corrected chi connectivity index (χ2v) is 14.5. The molecule has 2 heteroatoms. The summed E-state index contributed by atoms with van der Waals surface area (Å²) in [4.78, 5) is 0. The van der Waals surface area contributed by atoms with E-state index in [1.165, 1.54) is 88.1 Å². The van der Waals surface area contributed by atoms with Gasteiger partial charge in [0.15, 0.2) is 0 Å². The van der Waals surface area contributed by atoms with E-state index in [1.807, 2.05) is 0 Å². The second-order valence-electron chi connectivity index (χ2n) is 14.5. The zero-order valence-corrected chi connectivity index (χ0v) is 30.7. The molecule has 0 saturated heterocycles. The molecule has 0 aliphatic carbocycles. The van der Waals surface area contributed by atoms with E-state index >= 15 is 0 Å². The zero-order valence-electron chi connectivity index (χ0n) is 30.7. The molecule has 0 amide bonds. The van der Waals surface area contributed by atoms with Crippen LogP contribution < -0.4 is 0 Å². The molecular weight excluding hydrogens is 677 g/mol. The van der Waals surface area contributed by atoms with E-state index in [0.29, 0.717) is 0 Å². The van der Waals surface area contributed by atoms with Gasteiger partial charge >= 0.3 is 0 Å². The molecule has 0 atom stereocenters. The summed E-state index contributed by atoms with van der Waals surface area (Å²) < 4.78 is 4.84. The third-order valence-corrected chi connectivity index (χ3v) is 11.3. The maximum Gasteiger partial charge on any atom is 0.0619 e. The molecule has 2 heterocycles. The first-order valence-electron chi connectivity index (χ1n) is 19.3. The highest BCUT2D eigenvalue weighted by Gasteiger charge is 2.20. The third kappa shape index (κ3) is 5.19. The molecule has 0 N–H and O–H groups in total. The largest absolute Gasteiger partial charge is 0.309 e. The molecule has 9 aromatic carbocycles. The van der Waals surface area contributed by atoms with Crippen molar-refractivity contribution in [3.63, 3.8) is 0 Å². The van der Waals surface area contributed by atoms with Gasteiger partial charge in [-0.2, -0.15) is 0 Å². The molecule has 56 heavy (non-hydrogen) atoms. The lowest BCUT2D eigenvalue weighted by molar-refractivity contribution is 1.18. The number of hydrogen-bond acceptors (Lipinski definition) is 0. The minimum atomic E-state index is 1.15. The molecule has 0 radical (unpaired) electrons. The molecule has 2 aromatic heterocycles. The van der Waals surface area contributed by atoms with Crippen LogP contribution in [-0.4, -0.2) is 9.13 Å². The van der Waals surface area contributed by atoms with Crippen LogP contribution in [0.4, 0.5) is 0 Å². The predicted molar refractivity (Wildman–Crippen MR) is 237 cm³/mol. The molecule has 11 rings (SSSR count). The fraction of sp³-hybridized carbons (Fsp3) is 0. The summed E-state index contributed by atoms with van der Waals surface area (Å²) in [6.07, 6.45) is 0. The summed E-state index contributed by atoms with van der Waals surface area (Å²) in [6, 6.07) is 79.5. The molecule has 11 aromatic rings. The lowest BCUT2D eigenvalue weighted by atomic mass is 9.90. The Labute approximate surface area is 325 Å². The van der Waals surface area contributed by atoms with E-state index in [-0.39, 0.29) is 0 Å². The van der Waals surface area contributed by atoms with Crippen molar-refractivity contribution < 1.29 is 0 Å². The van der Waals surface area contributed by atoms with E-state index in [0.717, 1.165) is 11.4 Å². The Morgan fingerprint density at radius 1 is 0.250 bits per heavy atom. The van der Waals surface area contributed by atoms with Crippen molar-refractivity contribution in [2.75, 3.05) is 0 Å². The van der Waals surface area contributed by atoms with Crippen LogP contribution in [0, 0.1) is 0 Å². The van der Waals surface area contributed by atoms with E-state index < -0.39 is 0 Å². The van der Waals surface area contributed by atoms with Gasteiger partial charge in [0.1, 0.15) is 0 Å². The first kappa shape index (κ1) is 32.0. The number of hydrogen-bond donors (Lipinski definition) is 0. The Hall–Kier alpha value is -7.42. The summed E-state index contributed by atoms with van der Waals surface area (Å²) in [5.74, 6) is 0. The van der Waals surface area contributed by atoms with Gasteiger partial charge in [-0.25, -0.2) is 0 Å². The van der Waals surface area contributed by atoms with Gasteiger partial charge in [0.25, 0.3) is 0 Å². The lowest BCUT2D eigenvalue weighted by Crippen LogP contribution is -1.95. The van der Waals surface area contributed by atoms with Crippen LogP contribution in [0.5, 0.6) is 0 Å². The van der Waals surface area contributed by atoms with Gasteiger partial charge in [0, 0.05) is 38.5 Å². The summed E-state index contributed by atoms with van der Waals surface area (Å²) in [6.45, 7) is 0. The van der Waals surface area contributed by atoms with Gasteiger partial charge in [-0.15, -0.1) is 0 Å². The number of nitrogens with zero attached hydrogens (tertiary/aromatic N) is 2. The Morgan fingerprint density at radius 3 is 1.39 bits per heavy atom. The Bertz CT molecular complexity index is 3210. The summed E-state index contributed by atoms with van der Waals surface area (Å²) in [5, 5.41) is 4.99.